The van der Waals surface area contributed by atoms with Crippen molar-refractivity contribution >= 4 is 23.2 Å². The number of benzene rings is 1. The van der Waals surface area contributed by atoms with Gasteiger partial charge in [-0.15, -0.1) is 10.2 Å². The van der Waals surface area contributed by atoms with Crippen LogP contribution in [-0.2, 0) is 11.8 Å². The number of alkyl halides is 2. The number of aromatic nitrogens is 4. The zero-order chi connectivity index (χ0) is 19.0. The molecule has 0 unspecified atom stereocenters. The molecule has 0 aliphatic heterocycles. The predicted molar refractivity (Wildman–Crippen MR) is 96.0 cm³/mol. The fourth-order valence-electron chi connectivity index (χ4n) is 3.42. The van der Waals surface area contributed by atoms with Gasteiger partial charge in [0.2, 0.25) is 0 Å². The summed E-state index contributed by atoms with van der Waals surface area (Å²) >= 11 is 12.8. The Balaban J connectivity index is 1.59. The van der Waals surface area contributed by atoms with Crippen LogP contribution in [0.4, 0.5) is 8.78 Å². The third kappa shape index (κ3) is 3.41. The van der Waals surface area contributed by atoms with Crippen LogP contribution in [0.25, 0.3) is 11.5 Å². The zero-order valence-electron chi connectivity index (χ0n) is 14.0. The first kappa shape index (κ1) is 18.3. The van der Waals surface area contributed by atoms with Crippen LogP contribution in [0.3, 0.4) is 0 Å². The summed E-state index contributed by atoms with van der Waals surface area (Å²) in [6.07, 6.45) is 3.73. The van der Waals surface area contributed by atoms with Crippen LogP contribution in [0, 0.1) is 0 Å². The van der Waals surface area contributed by atoms with Crippen LogP contribution in [0.2, 0.25) is 10.0 Å². The minimum absolute atomic E-state index is 0.0376. The number of halogens is 4. The lowest BCUT2D eigenvalue weighted by Gasteiger charge is -2.43. The van der Waals surface area contributed by atoms with Gasteiger partial charge in [-0.25, -0.2) is 9.97 Å². The van der Waals surface area contributed by atoms with Crippen molar-refractivity contribution < 1.29 is 13.2 Å². The number of nitrogens with zero attached hydrogens (tertiary/aromatic N) is 4. The molecule has 9 heteroatoms. The Labute approximate surface area is 163 Å². The fourth-order valence-corrected chi connectivity index (χ4v) is 4.22. The molecule has 27 heavy (non-hydrogen) atoms. The first-order valence-corrected chi connectivity index (χ1v) is 9.11. The molecule has 0 atom stereocenters. The molecule has 4 rings (SSSR count). The number of hydrogen-bond donors (Lipinski definition) is 0. The Morgan fingerprint density at radius 2 is 1.74 bits per heavy atom. The Morgan fingerprint density at radius 3 is 2.26 bits per heavy atom. The van der Waals surface area contributed by atoms with E-state index in [2.05, 4.69) is 20.2 Å². The molecule has 5 nitrogen and oxygen atoms in total. The van der Waals surface area contributed by atoms with Gasteiger partial charge in [-0.1, -0.05) is 35.7 Å². The van der Waals surface area contributed by atoms with Crippen LogP contribution < -0.4 is 0 Å². The molecule has 0 N–H and O–H groups in total. The second-order valence-electron chi connectivity index (χ2n) is 6.54. The second kappa shape index (κ2) is 7.13. The first-order valence-electron chi connectivity index (χ1n) is 8.36. The van der Waals surface area contributed by atoms with Crippen molar-refractivity contribution in [1.82, 2.24) is 20.2 Å². The van der Waals surface area contributed by atoms with Gasteiger partial charge >= 0.3 is 6.43 Å². The Morgan fingerprint density at radius 1 is 1.07 bits per heavy atom. The third-order valence-electron chi connectivity index (χ3n) is 4.88. The van der Waals surface area contributed by atoms with Crippen molar-refractivity contribution in [3.8, 4) is 11.5 Å². The van der Waals surface area contributed by atoms with Gasteiger partial charge in [-0.2, -0.15) is 8.78 Å². The van der Waals surface area contributed by atoms with Gasteiger partial charge in [0.15, 0.2) is 0 Å². The summed E-state index contributed by atoms with van der Waals surface area (Å²) in [5.74, 6) is -0.150. The summed E-state index contributed by atoms with van der Waals surface area (Å²) in [4.78, 5) is 8.70. The van der Waals surface area contributed by atoms with Gasteiger partial charge in [-0.3, -0.25) is 0 Å². The van der Waals surface area contributed by atoms with E-state index in [0.29, 0.717) is 27.9 Å². The molecule has 140 valence electrons. The van der Waals surface area contributed by atoms with Crippen molar-refractivity contribution in [1.29, 1.82) is 0 Å². The van der Waals surface area contributed by atoms with Gasteiger partial charge < -0.3 is 4.42 Å². The van der Waals surface area contributed by atoms with Crippen molar-refractivity contribution in [3.63, 3.8) is 0 Å². The Bertz CT molecular complexity index is 938. The highest BCUT2D eigenvalue weighted by atomic mass is 35.5. The van der Waals surface area contributed by atoms with Crippen molar-refractivity contribution in [2.45, 2.75) is 37.5 Å². The molecule has 0 bridgehead atoms. The molecule has 0 saturated heterocycles. The van der Waals surface area contributed by atoms with E-state index >= 15 is 0 Å². The van der Waals surface area contributed by atoms with Gasteiger partial charge in [0.1, 0.15) is 5.82 Å². The summed E-state index contributed by atoms with van der Waals surface area (Å²) < 4.78 is 30.1. The molecule has 1 aliphatic carbocycles. The van der Waals surface area contributed by atoms with Gasteiger partial charge in [-0.05, 0) is 30.5 Å². The summed E-state index contributed by atoms with van der Waals surface area (Å²) in [6, 6.07) is 5.50. The van der Waals surface area contributed by atoms with Crippen LogP contribution >= 0.6 is 23.2 Å². The predicted octanol–water partition coefficient (Wildman–Crippen LogP) is 5.44. The van der Waals surface area contributed by atoms with E-state index in [4.69, 9.17) is 27.6 Å². The molecule has 1 fully saturated rings. The average Bonchev–Trinajstić information content (AvgIpc) is 3.10. The maximum atomic E-state index is 12.6. The van der Waals surface area contributed by atoms with Crippen LogP contribution in [0.5, 0.6) is 0 Å². The topological polar surface area (TPSA) is 64.7 Å². The lowest BCUT2D eigenvalue weighted by molar-refractivity contribution is 0.116. The quantitative estimate of drug-likeness (QED) is 0.560. The zero-order valence-corrected chi connectivity index (χ0v) is 15.5. The molecule has 0 spiro atoms. The lowest BCUT2D eigenvalue weighted by Crippen LogP contribution is -2.37. The van der Waals surface area contributed by atoms with Gasteiger partial charge in [0.25, 0.3) is 11.8 Å². The largest absolute Gasteiger partial charge is 0.415 e. The van der Waals surface area contributed by atoms with E-state index in [1.165, 1.54) is 12.4 Å². The standard InChI is InChI=1S/C18H14Cl2F2N4O/c19-11-3-1-4-12(20)14(11)18(5-2-6-18)7-13-23-8-10(9-24-13)16-25-26-17(27-16)15(21)22/h1,3-4,8-9,15H,2,5-7H2. The van der Waals surface area contributed by atoms with Crippen molar-refractivity contribution in [3.05, 3.63) is 57.9 Å². The van der Waals surface area contributed by atoms with E-state index in [1.807, 2.05) is 18.2 Å². The SMILES string of the molecule is FC(F)c1nnc(-c2cnc(CC3(c4c(Cl)cccc4Cl)CCC3)nc2)o1. The normalized spacial score (nSPS) is 15.7. The van der Waals surface area contributed by atoms with E-state index in [-0.39, 0.29) is 11.3 Å². The van der Waals surface area contributed by atoms with E-state index in [9.17, 15) is 8.78 Å². The molecular formula is C18H14Cl2F2N4O. The average molecular weight is 411 g/mol. The fraction of sp³-hybridized carbons (Fsp3) is 0.333. The third-order valence-corrected chi connectivity index (χ3v) is 5.51. The summed E-state index contributed by atoms with van der Waals surface area (Å²) in [5, 5.41) is 8.19. The van der Waals surface area contributed by atoms with Crippen molar-refractivity contribution in [2.24, 2.45) is 0 Å². The summed E-state index contributed by atoms with van der Waals surface area (Å²) in [5.41, 5.74) is 1.13. The highest BCUT2D eigenvalue weighted by Crippen LogP contribution is 2.50. The Kier molecular flexibility index (Phi) is 4.82. The smallest absolute Gasteiger partial charge is 0.314 e. The maximum absolute atomic E-state index is 12.6. The van der Waals surface area contributed by atoms with Crippen LogP contribution in [0.1, 0.15) is 43.0 Å². The number of rotatable bonds is 5. The highest BCUT2D eigenvalue weighted by Gasteiger charge is 2.42. The molecule has 3 aromatic rings. The second-order valence-corrected chi connectivity index (χ2v) is 7.36. The van der Waals surface area contributed by atoms with E-state index in [0.717, 1.165) is 24.8 Å². The van der Waals surface area contributed by atoms with E-state index in [1.54, 1.807) is 0 Å². The molecule has 2 heterocycles. The molecular weight excluding hydrogens is 397 g/mol. The van der Waals surface area contributed by atoms with Crippen LogP contribution in [0.15, 0.2) is 35.0 Å². The van der Waals surface area contributed by atoms with Gasteiger partial charge in [0.05, 0.1) is 5.56 Å². The van der Waals surface area contributed by atoms with Crippen molar-refractivity contribution in [2.75, 3.05) is 0 Å². The maximum Gasteiger partial charge on any atom is 0.314 e. The molecule has 1 aliphatic rings. The monoisotopic (exact) mass is 410 g/mol. The molecule has 1 aromatic carbocycles. The molecule has 0 radical (unpaired) electrons. The summed E-state index contributed by atoms with van der Waals surface area (Å²) in [7, 11) is 0. The minimum Gasteiger partial charge on any atom is -0.415 e. The molecule has 0 amide bonds. The molecule has 2 aromatic heterocycles. The van der Waals surface area contributed by atoms with E-state index < -0.39 is 12.3 Å². The lowest BCUT2D eigenvalue weighted by atomic mass is 9.62. The first-order chi connectivity index (χ1) is 13.0. The van der Waals surface area contributed by atoms with Crippen LogP contribution in [-0.4, -0.2) is 20.2 Å². The van der Waals surface area contributed by atoms with Gasteiger partial charge in [0, 0.05) is 34.3 Å². The summed E-state index contributed by atoms with van der Waals surface area (Å²) in [6.45, 7) is 0. The minimum atomic E-state index is -2.81. The highest BCUT2D eigenvalue weighted by molar-refractivity contribution is 6.36. The molecule has 1 saturated carbocycles. The number of hydrogen-bond acceptors (Lipinski definition) is 5. The Hall–Kier alpha value is -2.12.